The largest absolute Gasteiger partial charge is 0.355 e. The Bertz CT molecular complexity index is 1010. The van der Waals surface area contributed by atoms with E-state index in [2.05, 4.69) is 44.4 Å². The van der Waals surface area contributed by atoms with Crippen molar-refractivity contribution >= 4 is 29.0 Å². The molecule has 2 aromatic heterocycles. The SMILES string of the molecule is C[C@H](Sc1nnc(-c2cccs2)n1Cc1ccccc1)C(=O)NCCC1=CCCCC1. The third-order valence-electron chi connectivity index (χ3n) is 5.42. The van der Waals surface area contributed by atoms with E-state index in [9.17, 15) is 4.79 Å². The van der Waals surface area contributed by atoms with Gasteiger partial charge in [-0.05, 0) is 56.0 Å². The normalized spacial score (nSPS) is 14.8. The van der Waals surface area contributed by atoms with Crippen molar-refractivity contribution in [3.8, 4) is 10.7 Å². The Balaban J connectivity index is 1.43. The minimum atomic E-state index is -0.241. The van der Waals surface area contributed by atoms with Gasteiger partial charge in [0.15, 0.2) is 11.0 Å². The quantitative estimate of drug-likeness (QED) is 0.342. The fourth-order valence-corrected chi connectivity index (χ4v) is 5.30. The van der Waals surface area contributed by atoms with Crippen LogP contribution in [-0.2, 0) is 11.3 Å². The van der Waals surface area contributed by atoms with Crippen LogP contribution < -0.4 is 5.32 Å². The molecule has 3 aromatic rings. The molecule has 0 bridgehead atoms. The molecule has 1 amide bonds. The van der Waals surface area contributed by atoms with Gasteiger partial charge in [-0.25, -0.2) is 0 Å². The number of carbonyl (C=O) groups is 1. The molecule has 1 aliphatic carbocycles. The van der Waals surface area contributed by atoms with Crippen molar-refractivity contribution in [2.45, 2.75) is 56.0 Å². The summed E-state index contributed by atoms with van der Waals surface area (Å²) >= 11 is 3.12. The van der Waals surface area contributed by atoms with Crippen molar-refractivity contribution < 1.29 is 4.79 Å². The highest BCUT2D eigenvalue weighted by molar-refractivity contribution is 8.00. The lowest BCUT2D eigenvalue weighted by Gasteiger charge is -2.15. The van der Waals surface area contributed by atoms with Crippen molar-refractivity contribution in [1.29, 1.82) is 0 Å². The minimum Gasteiger partial charge on any atom is -0.355 e. The first-order valence-corrected chi connectivity index (χ1v) is 12.6. The molecule has 0 saturated heterocycles. The van der Waals surface area contributed by atoms with Gasteiger partial charge in [0.25, 0.3) is 0 Å². The number of amides is 1. The van der Waals surface area contributed by atoms with Gasteiger partial charge in [-0.1, -0.05) is 59.8 Å². The molecule has 1 atom stereocenters. The molecule has 1 aliphatic rings. The average molecular weight is 453 g/mol. The summed E-state index contributed by atoms with van der Waals surface area (Å²) in [6.45, 7) is 3.31. The fourth-order valence-electron chi connectivity index (χ4n) is 3.71. The third-order valence-corrected chi connectivity index (χ3v) is 7.37. The van der Waals surface area contributed by atoms with Crippen LogP contribution in [0, 0.1) is 0 Å². The molecule has 0 unspecified atom stereocenters. The second-order valence-corrected chi connectivity index (χ2v) is 10.0. The highest BCUT2D eigenvalue weighted by Crippen LogP contribution is 2.30. The number of nitrogens with zero attached hydrogens (tertiary/aromatic N) is 3. The van der Waals surface area contributed by atoms with Gasteiger partial charge in [0.1, 0.15) is 0 Å². The molecular formula is C24H28N4OS2. The van der Waals surface area contributed by atoms with E-state index < -0.39 is 0 Å². The molecule has 1 aromatic carbocycles. The Labute approximate surface area is 192 Å². The molecule has 1 N–H and O–H groups in total. The van der Waals surface area contributed by atoms with Gasteiger partial charge in [0, 0.05) is 6.54 Å². The van der Waals surface area contributed by atoms with E-state index >= 15 is 0 Å². The van der Waals surface area contributed by atoms with Crippen LogP contribution in [-0.4, -0.2) is 32.5 Å². The predicted molar refractivity (Wildman–Crippen MR) is 128 cm³/mol. The van der Waals surface area contributed by atoms with Crippen molar-refractivity contribution in [3.05, 3.63) is 65.1 Å². The van der Waals surface area contributed by atoms with Crippen LogP contribution in [0.15, 0.2) is 64.7 Å². The highest BCUT2D eigenvalue weighted by atomic mass is 32.2. The lowest BCUT2D eigenvalue weighted by molar-refractivity contribution is -0.120. The van der Waals surface area contributed by atoms with E-state index in [4.69, 9.17) is 0 Å². The first-order valence-electron chi connectivity index (χ1n) is 10.8. The van der Waals surface area contributed by atoms with Crippen LogP contribution in [0.4, 0.5) is 0 Å². The van der Waals surface area contributed by atoms with E-state index in [0.29, 0.717) is 13.1 Å². The number of allylic oxidation sites excluding steroid dienone is 1. The van der Waals surface area contributed by atoms with E-state index in [-0.39, 0.29) is 11.2 Å². The van der Waals surface area contributed by atoms with Crippen LogP contribution in [0.5, 0.6) is 0 Å². The lowest BCUT2D eigenvalue weighted by atomic mass is 9.97. The van der Waals surface area contributed by atoms with Gasteiger partial charge in [0.05, 0.1) is 16.7 Å². The van der Waals surface area contributed by atoms with Crippen LogP contribution in [0.25, 0.3) is 10.7 Å². The monoisotopic (exact) mass is 452 g/mol. The Morgan fingerprint density at radius 1 is 1.19 bits per heavy atom. The molecule has 4 rings (SSSR count). The lowest BCUT2D eigenvalue weighted by Crippen LogP contribution is -2.32. The smallest absolute Gasteiger partial charge is 0.233 e. The first-order chi connectivity index (χ1) is 15.2. The molecule has 162 valence electrons. The number of hydrogen-bond acceptors (Lipinski definition) is 5. The summed E-state index contributed by atoms with van der Waals surface area (Å²) in [6.07, 6.45) is 8.21. The summed E-state index contributed by atoms with van der Waals surface area (Å²) in [5, 5.41) is 14.6. The van der Waals surface area contributed by atoms with Gasteiger partial charge in [-0.15, -0.1) is 21.5 Å². The molecule has 0 saturated carbocycles. The van der Waals surface area contributed by atoms with Gasteiger partial charge in [-0.2, -0.15) is 0 Å². The summed E-state index contributed by atoms with van der Waals surface area (Å²) in [6, 6.07) is 14.4. The van der Waals surface area contributed by atoms with E-state index in [1.165, 1.54) is 48.6 Å². The van der Waals surface area contributed by atoms with Crippen molar-refractivity contribution in [2.24, 2.45) is 0 Å². The second kappa shape index (κ2) is 10.8. The summed E-state index contributed by atoms with van der Waals surface area (Å²) in [4.78, 5) is 13.8. The first kappa shape index (κ1) is 21.8. The summed E-state index contributed by atoms with van der Waals surface area (Å²) < 4.78 is 2.11. The van der Waals surface area contributed by atoms with Crippen LogP contribution in [0.1, 0.15) is 44.6 Å². The summed E-state index contributed by atoms with van der Waals surface area (Å²) in [7, 11) is 0. The number of aromatic nitrogens is 3. The number of nitrogens with one attached hydrogen (secondary N) is 1. The standard InChI is InChI=1S/C24H28N4OS2/c1-18(23(29)25-15-14-19-9-4-2-5-10-19)31-24-27-26-22(21-13-8-16-30-21)28(24)17-20-11-6-3-7-12-20/h3,6-9,11-13,16,18H,2,4-5,10,14-15,17H2,1H3,(H,25,29)/t18-/m0/s1. The molecule has 2 heterocycles. The molecule has 0 aliphatic heterocycles. The molecule has 0 fully saturated rings. The van der Waals surface area contributed by atoms with E-state index in [1.807, 2.05) is 36.6 Å². The van der Waals surface area contributed by atoms with Gasteiger partial charge in [0.2, 0.25) is 5.91 Å². The number of thioether (sulfide) groups is 1. The maximum Gasteiger partial charge on any atom is 0.233 e. The molecule has 0 spiro atoms. The highest BCUT2D eigenvalue weighted by Gasteiger charge is 2.21. The van der Waals surface area contributed by atoms with Crippen molar-refractivity contribution in [3.63, 3.8) is 0 Å². The zero-order valence-electron chi connectivity index (χ0n) is 17.8. The van der Waals surface area contributed by atoms with Crippen LogP contribution in [0.3, 0.4) is 0 Å². The molecule has 0 radical (unpaired) electrons. The van der Waals surface area contributed by atoms with Crippen molar-refractivity contribution in [1.82, 2.24) is 20.1 Å². The molecule has 7 heteroatoms. The molecule has 5 nitrogen and oxygen atoms in total. The Morgan fingerprint density at radius 3 is 2.81 bits per heavy atom. The molecule has 31 heavy (non-hydrogen) atoms. The van der Waals surface area contributed by atoms with Gasteiger partial charge < -0.3 is 5.32 Å². The zero-order chi connectivity index (χ0) is 21.5. The Kier molecular flexibility index (Phi) is 7.59. The van der Waals surface area contributed by atoms with Crippen LogP contribution in [0.2, 0.25) is 0 Å². The van der Waals surface area contributed by atoms with Gasteiger partial charge >= 0.3 is 0 Å². The molecular weight excluding hydrogens is 424 g/mol. The Hall–Kier alpha value is -2.38. The number of carbonyl (C=O) groups excluding carboxylic acids is 1. The number of thiophene rings is 1. The Morgan fingerprint density at radius 2 is 2.06 bits per heavy atom. The maximum absolute atomic E-state index is 12.7. The van der Waals surface area contributed by atoms with E-state index in [1.54, 1.807) is 11.3 Å². The zero-order valence-corrected chi connectivity index (χ0v) is 19.4. The summed E-state index contributed by atoms with van der Waals surface area (Å²) in [5.74, 6) is 0.895. The second-order valence-electron chi connectivity index (χ2n) is 7.76. The average Bonchev–Trinajstić information content (AvgIpc) is 3.46. The third kappa shape index (κ3) is 5.86. The predicted octanol–water partition coefficient (Wildman–Crippen LogP) is 5.54. The van der Waals surface area contributed by atoms with Crippen LogP contribution >= 0.6 is 23.1 Å². The van der Waals surface area contributed by atoms with Crippen molar-refractivity contribution in [2.75, 3.05) is 6.54 Å². The number of benzene rings is 1. The minimum absolute atomic E-state index is 0.0494. The number of hydrogen-bond donors (Lipinski definition) is 1. The topological polar surface area (TPSA) is 59.8 Å². The summed E-state index contributed by atoms with van der Waals surface area (Å²) in [5.41, 5.74) is 2.66. The number of rotatable bonds is 9. The fraction of sp³-hybridized carbons (Fsp3) is 0.375. The van der Waals surface area contributed by atoms with E-state index in [0.717, 1.165) is 22.3 Å². The van der Waals surface area contributed by atoms with Gasteiger partial charge in [-0.3, -0.25) is 9.36 Å². The maximum atomic E-state index is 12.7.